The summed E-state index contributed by atoms with van der Waals surface area (Å²) in [7, 11) is 3.43. The van der Waals surface area contributed by atoms with Crippen LogP contribution in [0.3, 0.4) is 0 Å². The van der Waals surface area contributed by atoms with Crippen LogP contribution in [0.15, 0.2) is 35.5 Å². The van der Waals surface area contributed by atoms with E-state index in [1.807, 2.05) is 13.8 Å². The summed E-state index contributed by atoms with van der Waals surface area (Å²) in [5.74, 6) is 0. The molecule has 0 aromatic rings. The fraction of sp³-hybridized carbons (Fsp3) is 0.500. The Balaban J connectivity index is 0.000000324. The van der Waals surface area contributed by atoms with Crippen LogP contribution in [0, 0.1) is 12.2 Å². The Morgan fingerprint density at radius 2 is 1.26 bits per heavy atom. The minimum absolute atomic E-state index is 0. The van der Waals surface area contributed by atoms with Crippen LogP contribution in [-0.2, 0) is 35.7 Å². The summed E-state index contributed by atoms with van der Waals surface area (Å²) in [5.41, 5.74) is 2.36. The maximum atomic E-state index is 5.08. The second kappa shape index (κ2) is 10.5. The Morgan fingerprint density at radius 3 is 1.47 bits per heavy atom. The van der Waals surface area contributed by atoms with Crippen molar-refractivity contribution in [2.24, 2.45) is 0 Å². The molecule has 0 aromatic heterocycles. The Morgan fingerprint density at radius 1 is 0.895 bits per heavy atom. The average Bonchev–Trinajstić information content (AvgIpc) is 3.09. The van der Waals surface area contributed by atoms with Crippen molar-refractivity contribution in [3.05, 3.63) is 47.6 Å². The minimum atomic E-state index is 0. The number of hydrogen-bond acceptors (Lipinski definition) is 2. The van der Waals surface area contributed by atoms with Crippen molar-refractivity contribution in [1.29, 1.82) is 0 Å². The zero-order chi connectivity index (χ0) is 13.4. The third-order valence-corrected chi connectivity index (χ3v) is 3.03. The van der Waals surface area contributed by atoms with Gasteiger partial charge in [-0.25, -0.2) is 12.2 Å². The molecule has 2 unspecified atom stereocenters. The van der Waals surface area contributed by atoms with Crippen molar-refractivity contribution in [2.45, 2.75) is 38.9 Å². The van der Waals surface area contributed by atoms with Crippen molar-refractivity contribution >= 4 is 0 Å². The maximum absolute atomic E-state index is 5.08. The van der Waals surface area contributed by atoms with Gasteiger partial charge in [-0.05, 0) is 13.8 Å². The normalized spacial score (nSPS) is 18.9. The molecule has 0 fully saturated rings. The zero-order valence-corrected chi connectivity index (χ0v) is 14.7. The molecule has 0 N–H and O–H groups in total. The van der Waals surface area contributed by atoms with Gasteiger partial charge in [0.1, 0.15) is 0 Å². The summed E-state index contributed by atoms with van der Waals surface area (Å²) < 4.78 is 10.2. The molecule has 2 aliphatic carbocycles. The number of ether oxygens (including phenoxy) is 2. The summed E-state index contributed by atoms with van der Waals surface area (Å²) >= 11 is 0. The predicted octanol–water partition coefficient (Wildman–Crippen LogP) is 3.42. The van der Waals surface area contributed by atoms with Crippen molar-refractivity contribution < 1.29 is 35.7 Å². The molecule has 0 radical (unpaired) electrons. The Hall–Kier alpha value is -0.237. The second-order valence-corrected chi connectivity index (χ2v) is 4.23. The molecule has 2 rings (SSSR count). The standard InChI is InChI=1S/2C8H11O.Zr/c2*1-7(9-2)8-5-3-4-6-8;/h2*3,5,7H,4H2,1-2H3;/q2*-1;+2. The Bertz CT molecular complexity index is 331. The molecule has 3 heteroatoms. The van der Waals surface area contributed by atoms with Crippen LogP contribution >= 0.6 is 0 Å². The van der Waals surface area contributed by atoms with E-state index in [1.165, 1.54) is 11.1 Å². The van der Waals surface area contributed by atoms with Gasteiger partial charge in [-0.1, -0.05) is 0 Å². The third-order valence-electron chi connectivity index (χ3n) is 3.03. The van der Waals surface area contributed by atoms with Gasteiger partial charge in [-0.3, -0.25) is 12.2 Å². The second-order valence-electron chi connectivity index (χ2n) is 4.23. The van der Waals surface area contributed by atoms with E-state index in [1.54, 1.807) is 14.2 Å². The van der Waals surface area contributed by atoms with Gasteiger partial charge in [0.25, 0.3) is 0 Å². The van der Waals surface area contributed by atoms with E-state index >= 15 is 0 Å². The molecule has 0 spiro atoms. The quantitative estimate of drug-likeness (QED) is 0.732. The summed E-state index contributed by atoms with van der Waals surface area (Å²) in [4.78, 5) is 0. The Labute approximate surface area is 136 Å². The molecule has 0 saturated heterocycles. The zero-order valence-electron chi connectivity index (χ0n) is 12.2. The molecular weight excluding hydrogens is 315 g/mol. The van der Waals surface area contributed by atoms with Gasteiger partial charge in [0, 0.05) is 26.4 Å². The van der Waals surface area contributed by atoms with E-state index in [9.17, 15) is 0 Å². The van der Waals surface area contributed by atoms with Gasteiger partial charge in [0.15, 0.2) is 0 Å². The molecule has 0 heterocycles. The first-order chi connectivity index (χ1) is 8.69. The van der Waals surface area contributed by atoms with Crippen molar-refractivity contribution in [2.75, 3.05) is 14.2 Å². The monoisotopic (exact) mass is 336 g/mol. The first-order valence-electron chi connectivity index (χ1n) is 6.29. The molecule has 0 bridgehead atoms. The molecular formula is C16H22O2Zr. The number of rotatable bonds is 4. The molecule has 2 aliphatic rings. The molecule has 0 amide bonds. The van der Waals surface area contributed by atoms with E-state index in [2.05, 4.69) is 36.5 Å². The summed E-state index contributed by atoms with van der Waals surface area (Å²) in [6.07, 6.45) is 17.0. The summed E-state index contributed by atoms with van der Waals surface area (Å²) in [6, 6.07) is 0. The van der Waals surface area contributed by atoms with Gasteiger partial charge < -0.3 is 9.47 Å². The smallest absolute Gasteiger partial charge is 0.380 e. The first kappa shape index (κ1) is 18.8. The molecule has 19 heavy (non-hydrogen) atoms. The van der Waals surface area contributed by atoms with E-state index in [4.69, 9.17) is 9.47 Å². The summed E-state index contributed by atoms with van der Waals surface area (Å²) in [5, 5.41) is 0. The van der Waals surface area contributed by atoms with Gasteiger partial charge in [0.05, 0.1) is 0 Å². The van der Waals surface area contributed by atoms with Crippen LogP contribution in [0.5, 0.6) is 0 Å². The Kier molecular flexibility index (Phi) is 10.4. The molecule has 0 aliphatic heterocycles. The van der Waals surface area contributed by atoms with Gasteiger partial charge in [-0.2, -0.15) is 23.3 Å². The van der Waals surface area contributed by atoms with Crippen LogP contribution < -0.4 is 0 Å². The largest absolute Gasteiger partial charge is 2.00 e. The first-order valence-corrected chi connectivity index (χ1v) is 6.29. The van der Waals surface area contributed by atoms with Gasteiger partial charge in [-0.15, -0.1) is 12.8 Å². The van der Waals surface area contributed by atoms with E-state index in [-0.39, 0.29) is 38.4 Å². The minimum Gasteiger partial charge on any atom is -0.380 e. The topological polar surface area (TPSA) is 18.5 Å². The van der Waals surface area contributed by atoms with Crippen molar-refractivity contribution in [3.8, 4) is 0 Å². The van der Waals surface area contributed by atoms with Crippen LogP contribution in [0.25, 0.3) is 0 Å². The number of methoxy groups -OCH3 is 2. The van der Waals surface area contributed by atoms with Crippen molar-refractivity contribution in [3.63, 3.8) is 0 Å². The predicted molar refractivity (Wildman–Crippen MR) is 74.0 cm³/mol. The van der Waals surface area contributed by atoms with Crippen LogP contribution in [0.4, 0.5) is 0 Å². The van der Waals surface area contributed by atoms with Crippen molar-refractivity contribution in [1.82, 2.24) is 0 Å². The fourth-order valence-corrected chi connectivity index (χ4v) is 1.66. The molecule has 0 saturated carbocycles. The average molecular weight is 338 g/mol. The van der Waals surface area contributed by atoms with Gasteiger partial charge >= 0.3 is 26.2 Å². The van der Waals surface area contributed by atoms with Gasteiger partial charge in [0.2, 0.25) is 0 Å². The SMILES string of the molecule is COC(C)C1=[C-]CC=C1.COC(C)C1=[C-]CC=C1.[Zr+2]. The number of allylic oxidation sites excluding steroid dienone is 4. The van der Waals surface area contributed by atoms with E-state index in [0.29, 0.717) is 0 Å². The number of hydrogen-bond donors (Lipinski definition) is 0. The van der Waals surface area contributed by atoms with E-state index in [0.717, 1.165) is 12.8 Å². The third kappa shape index (κ3) is 6.65. The maximum Gasteiger partial charge on any atom is 2.00 e. The van der Waals surface area contributed by atoms with Crippen LogP contribution in [0.1, 0.15) is 26.7 Å². The van der Waals surface area contributed by atoms with Crippen LogP contribution in [-0.4, -0.2) is 26.4 Å². The molecule has 0 aromatic carbocycles. The van der Waals surface area contributed by atoms with Crippen LogP contribution in [0.2, 0.25) is 0 Å². The van der Waals surface area contributed by atoms with E-state index < -0.39 is 0 Å². The molecule has 2 nitrogen and oxygen atoms in total. The molecule has 102 valence electrons. The summed E-state index contributed by atoms with van der Waals surface area (Å²) in [6.45, 7) is 4.05. The molecule has 2 atom stereocenters. The fourth-order valence-electron chi connectivity index (χ4n) is 1.66.